The molecule has 2 aromatic heterocycles. The first kappa shape index (κ1) is 19.7. The van der Waals surface area contributed by atoms with Crippen LogP contribution in [0.1, 0.15) is 25.5 Å². The van der Waals surface area contributed by atoms with Crippen LogP contribution in [-0.2, 0) is 11.3 Å². The van der Waals surface area contributed by atoms with Crippen molar-refractivity contribution in [3.8, 4) is 11.4 Å². The lowest BCUT2D eigenvalue weighted by atomic mass is 10.1. The SMILES string of the molecule is CCn1c(SCC(=O)NC(C)c2ccccc2)nnc1-c1csc2ccccc12. The second-order valence-electron chi connectivity index (χ2n) is 6.68. The predicted octanol–water partition coefficient (Wildman–Crippen LogP) is 5.15. The molecule has 1 atom stereocenters. The van der Waals surface area contributed by atoms with E-state index in [1.807, 2.05) is 49.4 Å². The maximum Gasteiger partial charge on any atom is 0.230 e. The number of amides is 1. The summed E-state index contributed by atoms with van der Waals surface area (Å²) >= 11 is 3.13. The zero-order valence-electron chi connectivity index (χ0n) is 16.3. The number of hydrogen-bond donors (Lipinski definition) is 1. The second kappa shape index (κ2) is 8.80. The second-order valence-corrected chi connectivity index (χ2v) is 8.54. The summed E-state index contributed by atoms with van der Waals surface area (Å²) in [6.45, 7) is 4.81. The first-order valence-electron chi connectivity index (χ1n) is 9.54. The van der Waals surface area contributed by atoms with Crippen molar-refractivity contribution in [1.29, 1.82) is 0 Å². The van der Waals surface area contributed by atoms with Gasteiger partial charge in [0.05, 0.1) is 11.8 Å². The van der Waals surface area contributed by atoms with Crippen LogP contribution in [0.4, 0.5) is 0 Å². The smallest absolute Gasteiger partial charge is 0.230 e. The van der Waals surface area contributed by atoms with Gasteiger partial charge in [-0.25, -0.2) is 0 Å². The molecule has 0 aliphatic carbocycles. The van der Waals surface area contributed by atoms with E-state index in [0.717, 1.165) is 28.7 Å². The van der Waals surface area contributed by atoms with Crippen molar-refractivity contribution in [3.05, 3.63) is 65.5 Å². The highest BCUT2D eigenvalue weighted by Gasteiger charge is 2.18. The first-order valence-corrected chi connectivity index (χ1v) is 11.4. The molecule has 1 amide bonds. The van der Waals surface area contributed by atoms with E-state index in [1.54, 1.807) is 11.3 Å². The van der Waals surface area contributed by atoms with Crippen LogP contribution in [0.5, 0.6) is 0 Å². The third-order valence-electron chi connectivity index (χ3n) is 4.76. The molecule has 2 heterocycles. The van der Waals surface area contributed by atoms with Crippen molar-refractivity contribution in [2.24, 2.45) is 0 Å². The molecule has 0 spiro atoms. The average molecular weight is 423 g/mol. The molecule has 5 nitrogen and oxygen atoms in total. The molecule has 0 bridgehead atoms. The van der Waals surface area contributed by atoms with Crippen molar-refractivity contribution in [1.82, 2.24) is 20.1 Å². The normalized spacial score (nSPS) is 12.2. The third kappa shape index (κ3) is 4.21. The highest BCUT2D eigenvalue weighted by atomic mass is 32.2. The summed E-state index contributed by atoms with van der Waals surface area (Å²) in [5.74, 6) is 1.14. The van der Waals surface area contributed by atoms with Gasteiger partial charge in [0.25, 0.3) is 0 Å². The zero-order chi connectivity index (χ0) is 20.2. The molecule has 4 aromatic rings. The van der Waals surface area contributed by atoms with Crippen LogP contribution in [-0.4, -0.2) is 26.4 Å². The van der Waals surface area contributed by atoms with Gasteiger partial charge in [-0.05, 0) is 25.5 Å². The van der Waals surface area contributed by atoms with E-state index in [9.17, 15) is 4.79 Å². The summed E-state index contributed by atoms with van der Waals surface area (Å²) in [5.41, 5.74) is 2.18. The molecule has 0 fully saturated rings. The van der Waals surface area contributed by atoms with Crippen LogP contribution in [0.15, 0.2) is 65.1 Å². The van der Waals surface area contributed by atoms with Crippen LogP contribution in [0.25, 0.3) is 21.5 Å². The van der Waals surface area contributed by atoms with Crippen LogP contribution < -0.4 is 5.32 Å². The number of thioether (sulfide) groups is 1. The fourth-order valence-corrected chi connectivity index (χ4v) is 5.02. The van der Waals surface area contributed by atoms with Gasteiger partial charge in [-0.2, -0.15) is 0 Å². The highest BCUT2D eigenvalue weighted by molar-refractivity contribution is 7.99. The lowest BCUT2D eigenvalue weighted by Gasteiger charge is -2.14. The Morgan fingerprint density at radius 2 is 1.90 bits per heavy atom. The first-order chi connectivity index (χ1) is 14.2. The molecule has 0 saturated heterocycles. The Labute approximate surface area is 178 Å². The molecule has 1 N–H and O–H groups in total. The monoisotopic (exact) mass is 422 g/mol. The summed E-state index contributed by atoms with van der Waals surface area (Å²) in [4.78, 5) is 12.4. The van der Waals surface area contributed by atoms with Crippen molar-refractivity contribution in [2.75, 3.05) is 5.75 Å². The minimum Gasteiger partial charge on any atom is -0.349 e. The van der Waals surface area contributed by atoms with Gasteiger partial charge in [-0.3, -0.25) is 4.79 Å². The van der Waals surface area contributed by atoms with E-state index < -0.39 is 0 Å². The summed E-state index contributed by atoms with van der Waals surface area (Å²) < 4.78 is 3.31. The lowest BCUT2D eigenvalue weighted by Crippen LogP contribution is -2.28. The van der Waals surface area contributed by atoms with E-state index in [1.165, 1.54) is 21.8 Å². The molecule has 0 radical (unpaired) electrons. The molecule has 2 aromatic carbocycles. The number of hydrogen-bond acceptors (Lipinski definition) is 5. The number of rotatable bonds is 7. The van der Waals surface area contributed by atoms with E-state index >= 15 is 0 Å². The van der Waals surface area contributed by atoms with Gasteiger partial charge in [-0.1, -0.05) is 60.3 Å². The van der Waals surface area contributed by atoms with E-state index in [0.29, 0.717) is 5.75 Å². The number of fused-ring (bicyclic) bond motifs is 1. The maximum absolute atomic E-state index is 12.4. The highest BCUT2D eigenvalue weighted by Crippen LogP contribution is 2.34. The lowest BCUT2D eigenvalue weighted by molar-refractivity contribution is -0.119. The molecule has 0 aliphatic rings. The van der Waals surface area contributed by atoms with Gasteiger partial charge >= 0.3 is 0 Å². The van der Waals surface area contributed by atoms with Gasteiger partial charge in [0, 0.05) is 27.6 Å². The number of carbonyl (C=O) groups excluding carboxylic acids is 1. The molecule has 0 saturated carbocycles. The fraction of sp³-hybridized carbons (Fsp3) is 0.227. The standard InChI is InChI=1S/C22H22N4OS2/c1-3-26-21(18-13-28-19-12-8-7-11-17(18)19)24-25-22(26)29-14-20(27)23-15(2)16-9-5-4-6-10-16/h4-13,15H,3,14H2,1-2H3,(H,23,27). The van der Waals surface area contributed by atoms with Crippen LogP contribution in [0.2, 0.25) is 0 Å². The third-order valence-corrected chi connectivity index (χ3v) is 6.69. The van der Waals surface area contributed by atoms with Gasteiger partial charge in [0.1, 0.15) is 0 Å². The molecule has 4 rings (SSSR count). The summed E-state index contributed by atoms with van der Waals surface area (Å²) in [6, 6.07) is 18.2. The Morgan fingerprint density at radius 3 is 2.69 bits per heavy atom. The molecule has 0 aliphatic heterocycles. The Balaban J connectivity index is 1.47. The molecular formula is C22H22N4OS2. The van der Waals surface area contributed by atoms with Crippen LogP contribution in [0, 0.1) is 0 Å². The van der Waals surface area contributed by atoms with Crippen molar-refractivity contribution >= 4 is 39.1 Å². The van der Waals surface area contributed by atoms with Crippen LogP contribution in [0.3, 0.4) is 0 Å². The Bertz CT molecular complexity index is 1120. The molecule has 148 valence electrons. The molecular weight excluding hydrogens is 400 g/mol. The summed E-state index contributed by atoms with van der Waals surface area (Å²) in [7, 11) is 0. The van der Waals surface area contributed by atoms with Crippen molar-refractivity contribution in [3.63, 3.8) is 0 Å². The summed E-state index contributed by atoms with van der Waals surface area (Å²) in [6.07, 6.45) is 0. The van der Waals surface area contributed by atoms with Crippen LogP contribution >= 0.6 is 23.1 Å². The number of carbonyl (C=O) groups is 1. The number of aromatic nitrogens is 3. The van der Waals surface area contributed by atoms with E-state index in [-0.39, 0.29) is 11.9 Å². The van der Waals surface area contributed by atoms with E-state index in [4.69, 9.17) is 0 Å². The minimum atomic E-state index is -0.0268. The Hall–Kier alpha value is -2.64. The van der Waals surface area contributed by atoms with Crippen molar-refractivity contribution < 1.29 is 4.79 Å². The molecule has 29 heavy (non-hydrogen) atoms. The largest absolute Gasteiger partial charge is 0.349 e. The average Bonchev–Trinajstić information content (AvgIpc) is 3.36. The number of nitrogens with one attached hydrogen (secondary N) is 1. The van der Waals surface area contributed by atoms with Gasteiger partial charge in [0.15, 0.2) is 11.0 Å². The summed E-state index contributed by atoms with van der Waals surface area (Å²) in [5, 5.41) is 15.9. The topological polar surface area (TPSA) is 59.8 Å². The number of nitrogens with zero attached hydrogens (tertiary/aromatic N) is 3. The van der Waals surface area contributed by atoms with Crippen molar-refractivity contribution in [2.45, 2.75) is 31.6 Å². The maximum atomic E-state index is 12.4. The quantitative estimate of drug-likeness (QED) is 0.419. The number of thiophene rings is 1. The molecule has 7 heteroatoms. The van der Waals surface area contributed by atoms with E-state index in [2.05, 4.69) is 44.5 Å². The Kier molecular flexibility index (Phi) is 5.97. The molecule has 1 unspecified atom stereocenters. The zero-order valence-corrected chi connectivity index (χ0v) is 18.0. The predicted molar refractivity (Wildman–Crippen MR) is 120 cm³/mol. The Morgan fingerprint density at radius 1 is 1.14 bits per heavy atom. The number of benzene rings is 2. The van der Waals surface area contributed by atoms with Gasteiger partial charge in [0.2, 0.25) is 5.91 Å². The van der Waals surface area contributed by atoms with Gasteiger partial charge < -0.3 is 9.88 Å². The van der Waals surface area contributed by atoms with Gasteiger partial charge in [-0.15, -0.1) is 21.5 Å². The fourth-order valence-electron chi connectivity index (χ4n) is 3.27. The minimum absolute atomic E-state index is 0.0143.